The predicted molar refractivity (Wildman–Crippen MR) is 76.3 cm³/mol. The van der Waals surface area contributed by atoms with Gasteiger partial charge < -0.3 is 9.84 Å². The van der Waals surface area contributed by atoms with Gasteiger partial charge in [-0.3, -0.25) is 9.69 Å². The van der Waals surface area contributed by atoms with Crippen molar-refractivity contribution >= 4 is 21.9 Å². The van der Waals surface area contributed by atoms with E-state index in [-0.39, 0.29) is 12.0 Å². The van der Waals surface area contributed by atoms with E-state index in [1.807, 2.05) is 25.1 Å². The first kappa shape index (κ1) is 14.3. The topological polar surface area (TPSA) is 49.8 Å². The van der Waals surface area contributed by atoms with E-state index in [0.717, 1.165) is 22.3 Å². The van der Waals surface area contributed by atoms with Crippen LogP contribution in [-0.4, -0.2) is 35.7 Å². The Morgan fingerprint density at radius 3 is 2.89 bits per heavy atom. The Balaban J connectivity index is 2.14. The highest BCUT2D eigenvalue weighted by Gasteiger charge is 2.35. The first-order valence-corrected chi connectivity index (χ1v) is 7.11. The molecule has 0 aromatic heterocycles. The zero-order valence-corrected chi connectivity index (χ0v) is 12.7. The number of hydrogen-bond donors (Lipinski definition) is 1. The lowest BCUT2D eigenvalue weighted by molar-refractivity contribution is -0.142. The normalized spacial score (nSPS) is 23.5. The molecule has 1 aromatic carbocycles. The van der Waals surface area contributed by atoms with Gasteiger partial charge in [-0.1, -0.05) is 15.9 Å². The van der Waals surface area contributed by atoms with Gasteiger partial charge in [0.05, 0.1) is 13.0 Å². The number of carboxylic acids is 1. The van der Waals surface area contributed by atoms with E-state index in [4.69, 9.17) is 9.84 Å². The van der Waals surface area contributed by atoms with Gasteiger partial charge >= 0.3 is 5.97 Å². The van der Waals surface area contributed by atoms with Crippen molar-refractivity contribution in [2.45, 2.75) is 25.9 Å². The second kappa shape index (κ2) is 5.92. The molecule has 0 aliphatic carbocycles. The lowest BCUT2D eigenvalue weighted by Gasteiger charge is -2.24. The molecule has 0 spiro atoms. The third-order valence-corrected chi connectivity index (χ3v) is 4.31. The van der Waals surface area contributed by atoms with Crippen LogP contribution in [0.25, 0.3) is 0 Å². The Morgan fingerprint density at radius 2 is 2.32 bits per heavy atom. The smallest absolute Gasteiger partial charge is 0.308 e. The van der Waals surface area contributed by atoms with Crippen LogP contribution in [0.4, 0.5) is 0 Å². The fourth-order valence-corrected chi connectivity index (χ4v) is 3.06. The predicted octanol–water partition coefficient (Wildman–Crippen LogP) is 2.75. The number of rotatable bonds is 4. The van der Waals surface area contributed by atoms with Crippen molar-refractivity contribution in [3.63, 3.8) is 0 Å². The number of methoxy groups -OCH3 is 1. The Labute approximate surface area is 121 Å². The molecule has 1 aromatic rings. The van der Waals surface area contributed by atoms with Gasteiger partial charge in [-0.05, 0) is 38.1 Å². The van der Waals surface area contributed by atoms with E-state index in [1.54, 1.807) is 7.11 Å². The molecule has 104 valence electrons. The number of hydrogen-bond acceptors (Lipinski definition) is 3. The summed E-state index contributed by atoms with van der Waals surface area (Å²) in [6.07, 6.45) is 0.715. The summed E-state index contributed by atoms with van der Waals surface area (Å²) >= 11 is 3.46. The molecule has 0 amide bonds. The maximum Gasteiger partial charge on any atom is 0.308 e. The third kappa shape index (κ3) is 3.09. The zero-order chi connectivity index (χ0) is 14.0. The number of carboxylic acid groups (broad SMARTS) is 1. The van der Waals surface area contributed by atoms with Gasteiger partial charge in [-0.25, -0.2) is 0 Å². The van der Waals surface area contributed by atoms with Gasteiger partial charge in [0, 0.05) is 22.6 Å². The summed E-state index contributed by atoms with van der Waals surface area (Å²) in [7, 11) is 1.65. The summed E-state index contributed by atoms with van der Waals surface area (Å²) in [4.78, 5) is 13.3. The van der Waals surface area contributed by atoms with Gasteiger partial charge in [0.1, 0.15) is 5.75 Å². The first-order chi connectivity index (χ1) is 9.02. The van der Waals surface area contributed by atoms with Gasteiger partial charge in [-0.2, -0.15) is 0 Å². The van der Waals surface area contributed by atoms with E-state index < -0.39 is 5.97 Å². The number of halogens is 1. The number of likely N-dealkylation sites (tertiary alicyclic amines) is 1. The lowest BCUT2D eigenvalue weighted by Crippen LogP contribution is -2.32. The minimum Gasteiger partial charge on any atom is -0.496 e. The minimum atomic E-state index is -0.698. The summed E-state index contributed by atoms with van der Waals surface area (Å²) in [5.74, 6) is -0.122. The molecule has 2 rings (SSSR count). The van der Waals surface area contributed by atoms with Crippen LogP contribution in [0, 0.1) is 5.92 Å². The molecule has 4 nitrogen and oxygen atoms in total. The van der Waals surface area contributed by atoms with Gasteiger partial charge in [-0.15, -0.1) is 0 Å². The second-order valence-corrected chi connectivity index (χ2v) is 5.82. The quantitative estimate of drug-likeness (QED) is 0.923. The van der Waals surface area contributed by atoms with Crippen LogP contribution in [0.15, 0.2) is 22.7 Å². The molecular formula is C14H18BrNO3. The van der Waals surface area contributed by atoms with E-state index in [2.05, 4.69) is 20.8 Å². The second-order valence-electron chi connectivity index (χ2n) is 4.90. The number of carbonyl (C=O) groups is 1. The van der Waals surface area contributed by atoms with Crippen LogP contribution in [0.3, 0.4) is 0 Å². The average molecular weight is 328 g/mol. The highest BCUT2D eigenvalue weighted by atomic mass is 79.9. The monoisotopic (exact) mass is 327 g/mol. The van der Waals surface area contributed by atoms with Crippen LogP contribution in [0.2, 0.25) is 0 Å². The highest BCUT2D eigenvalue weighted by Crippen LogP contribution is 2.30. The van der Waals surface area contributed by atoms with Gasteiger partial charge in [0.15, 0.2) is 0 Å². The molecule has 2 unspecified atom stereocenters. The molecule has 2 atom stereocenters. The van der Waals surface area contributed by atoms with Crippen molar-refractivity contribution in [1.82, 2.24) is 4.90 Å². The molecule has 1 N–H and O–H groups in total. The Bertz CT molecular complexity index is 478. The van der Waals surface area contributed by atoms with Crippen molar-refractivity contribution in [1.29, 1.82) is 0 Å². The van der Waals surface area contributed by atoms with E-state index in [1.165, 1.54) is 0 Å². The van der Waals surface area contributed by atoms with Crippen molar-refractivity contribution in [2.24, 2.45) is 5.92 Å². The van der Waals surface area contributed by atoms with Crippen LogP contribution >= 0.6 is 15.9 Å². The summed E-state index contributed by atoms with van der Waals surface area (Å²) in [6, 6.07) is 5.95. The zero-order valence-electron chi connectivity index (χ0n) is 11.1. The van der Waals surface area contributed by atoms with Crippen molar-refractivity contribution in [2.75, 3.05) is 13.7 Å². The van der Waals surface area contributed by atoms with E-state index in [9.17, 15) is 4.79 Å². The summed E-state index contributed by atoms with van der Waals surface area (Å²) in [5.41, 5.74) is 1.08. The fraction of sp³-hybridized carbons (Fsp3) is 0.500. The Kier molecular flexibility index (Phi) is 4.47. The number of nitrogens with zero attached hydrogens (tertiary/aromatic N) is 1. The molecule has 0 bridgehead atoms. The first-order valence-electron chi connectivity index (χ1n) is 6.32. The molecule has 0 saturated carbocycles. The van der Waals surface area contributed by atoms with Crippen molar-refractivity contribution in [3.05, 3.63) is 28.2 Å². The maximum atomic E-state index is 11.1. The standard InChI is InChI=1S/C14H18BrNO3/c1-9-12(14(17)18)5-6-16(9)8-10-7-11(15)3-4-13(10)19-2/h3-4,7,9,12H,5-6,8H2,1-2H3,(H,17,18). The molecule has 1 fully saturated rings. The number of benzene rings is 1. The maximum absolute atomic E-state index is 11.1. The number of aliphatic carboxylic acids is 1. The largest absolute Gasteiger partial charge is 0.496 e. The summed E-state index contributed by atoms with van der Waals surface area (Å²) in [5, 5.41) is 9.15. The molecule has 1 aliphatic heterocycles. The molecule has 19 heavy (non-hydrogen) atoms. The van der Waals surface area contributed by atoms with E-state index in [0.29, 0.717) is 13.0 Å². The van der Waals surface area contributed by atoms with Crippen LogP contribution < -0.4 is 4.74 Å². The van der Waals surface area contributed by atoms with Crippen LogP contribution in [-0.2, 0) is 11.3 Å². The summed E-state index contributed by atoms with van der Waals surface area (Å²) in [6.45, 7) is 3.51. The van der Waals surface area contributed by atoms with Crippen molar-refractivity contribution in [3.8, 4) is 5.75 Å². The van der Waals surface area contributed by atoms with Crippen LogP contribution in [0.1, 0.15) is 18.9 Å². The highest BCUT2D eigenvalue weighted by molar-refractivity contribution is 9.10. The molecule has 1 heterocycles. The Hall–Kier alpha value is -1.07. The molecule has 1 aliphatic rings. The van der Waals surface area contributed by atoms with Gasteiger partial charge in [0.2, 0.25) is 0 Å². The average Bonchev–Trinajstić information content (AvgIpc) is 2.71. The lowest BCUT2D eigenvalue weighted by atomic mass is 10.0. The molecular weight excluding hydrogens is 310 g/mol. The van der Waals surface area contributed by atoms with Crippen molar-refractivity contribution < 1.29 is 14.6 Å². The SMILES string of the molecule is COc1ccc(Br)cc1CN1CCC(C(=O)O)C1C. The van der Waals surface area contributed by atoms with Gasteiger partial charge in [0.25, 0.3) is 0 Å². The molecule has 5 heteroatoms. The third-order valence-electron chi connectivity index (χ3n) is 3.82. The molecule has 0 radical (unpaired) electrons. The van der Waals surface area contributed by atoms with E-state index >= 15 is 0 Å². The Morgan fingerprint density at radius 1 is 1.58 bits per heavy atom. The summed E-state index contributed by atoms with van der Waals surface area (Å²) < 4.78 is 6.36. The van der Waals surface area contributed by atoms with Crippen LogP contribution in [0.5, 0.6) is 5.75 Å². The molecule has 1 saturated heterocycles. The minimum absolute atomic E-state index is 0.0567. The fourth-order valence-electron chi connectivity index (χ4n) is 2.65. The number of ether oxygens (including phenoxy) is 1.